The van der Waals surface area contributed by atoms with E-state index >= 15 is 0 Å². The normalized spacial score (nSPS) is 23.0. The third-order valence-electron chi connectivity index (χ3n) is 6.02. The Balaban J connectivity index is 2.01. The summed E-state index contributed by atoms with van der Waals surface area (Å²) in [7, 11) is 2.69. The molecule has 0 N–H and O–H groups in total. The molecule has 0 fully saturated rings. The predicted octanol–water partition coefficient (Wildman–Crippen LogP) is 3.78. The fraction of sp³-hybridized carbons (Fsp3) is 0.364. The van der Waals surface area contributed by atoms with Crippen molar-refractivity contribution >= 4 is 22.7 Å². The first-order valence-electron chi connectivity index (χ1n) is 8.97. The topological polar surface area (TPSA) is 52.6 Å². The molecule has 2 aromatic carbocycles. The first-order chi connectivity index (χ1) is 12.6. The minimum Gasteiger partial charge on any atom is -0.468 e. The highest BCUT2D eigenvalue weighted by Gasteiger charge is 2.59. The number of carbonyl (C=O) groups excluding carboxylic acids is 2. The zero-order valence-corrected chi connectivity index (χ0v) is 15.0. The maximum absolute atomic E-state index is 12.9. The Hall–Kier alpha value is -2.62. The predicted molar refractivity (Wildman–Crippen MR) is 98.7 cm³/mol. The Bertz CT molecular complexity index is 895. The second-order valence-corrected chi connectivity index (χ2v) is 7.13. The van der Waals surface area contributed by atoms with Crippen molar-refractivity contribution in [2.45, 2.75) is 25.2 Å². The van der Waals surface area contributed by atoms with E-state index in [-0.39, 0.29) is 11.8 Å². The Labute approximate surface area is 152 Å². The molecule has 0 amide bonds. The van der Waals surface area contributed by atoms with Crippen molar-refractivity contribution in [1.29, 1.82) is 0 Å². The van der Waals surface area contributed by atoms with Crippen LogP contribution in [0.5, 0.6) is 0 Å². The van der Waals surface area contributed by atoms with Crippen LogP contribution in [0.2, 0.25) is 0 Å². The molecule has 2 atom stereocenters. The summed E-state index contributed by atoms with van der Waals surface area (Å²) in [5.74, 6) is -1.15. The number of methoxy groups -OCH3 is 2. The molecule has 4 heteroatoms. The summed E-state index contributed by atoms with van der Waals surface area (Å²) in [5, 5.41) is 2.36. The van der Waals surface area contributed by atoms with Gasteiger partial charge in [0.05, 0.1) is 14.2 Å². The number of hydrogen-bond donors (Lipinski definition) is 0. The Morgan fingerprint density at radius 1 is 1.04 bits per heavy atom. The highest BCUT2D eigenvalue weighted by molar-refractivity contribution is 6.02. The van der Waals surface area contributed by atoms with Crippen LogP contribution in [0.15, 0.2) is 48.6 Å². The van der Waals surface area contributed by atoms with E-state index < -0.39 is 17.4 Å². The van der Waals surface area contributed by atoms with Crippen LogP contribution in [-0.2, 0) is 25.5 Å². The van der Waals surface area contributed by atoms with Gasteiger partial charge in [-0.2, -0.15) is 0 Å². The minimum absolute atomic E-state index is 0.00296. The number of fused-ring (bicyclic) bond motifs is 5. The first-order valence-corrected chi connectivity index (χ1v) is 8.97. The third-order valence-corrected chi connectivity index (χ3v) is 6.02. The fourth-order valence-electron chi connectivity index (χ4n) is 4.90. The van der Waals surface area contributed by atoms with Crippen molar-refractivity contribution in [3.05, 3.63) is 59.7 Å². The van der Waals surface area contributed by atoms with E-state index in [1.54, 1.807) is 0 Å². The van der Waals surface area contributed by atoms with E-state index in [4.69, 9.17) is 9.47 Å². The van der Waals surface area contributed by atoms with Gasteiger partial charge in [0.1, 0.15) is 0 Å². The highest BCUT2D eigenvalue weighted by Crippen LogP contribution is 2.54. The van der Waals surface area contributed by atoms with E-state index in [0.717, 1.165) is 18.4 Å². The van der Waals surface area contributed by atoms with Crippen LogP contribution in [0.25, 0.3) is 10.8 Å². The fourth-order valence-corrected chi connectivity index (χ4v) is 4.90. The van der Waals surface area contributed by atoms with Gasteiger partial charge in [-0.15, -0.1) is 0 Å². The standard InChI is InChI=1S/C22H22O4/c1-25-20(23)22(21(24)26-2)13-15-12-11-14-7-3-4-8-16(14)19(15)17-9-5-6-10-18(17)22/h3-5,7-9,11-12,17-18H,6,10,13H2,1-2H3/t17-,18+/m0/s1. The van der Waals surface area contributed by atoms with Crippen molar-refractivity contribution in [2.75, 3.05) is 14.2 Å². The van der Waals surface area contributed by atoms with Gasteiger partial charge in [0.25, 0.3) is 0 Å². The largest absolute Gasteiger partial charge is 0.468 e. The number of esters is 2. The van der Waals surface area contributed by atoms with Gasteiger partial charge in [0, 0.05) is 5.92 Å². The first kappa shape index (κ1) is 16.8. The molecule has 0 heterocycles. The van der Waals surface area contributed by atoms with Crippen molar-refractivity contribution in [3.8, 4) is 0 Å². The lowest BCUT2D eigenvalue weighted by Gasteiger charge is -2.45. The minimum atomic E-state index is -1.28. The summed E-state index contributed by atoms with van der Waals surface area (Å²) >= 11 is 0. The van der Waals surface area contributed by atoms with Crippen molar-refractivity contribution in [1.82, 2.24) is 0 Å². The van der Waals surface area contributed by atoms with Crippen molar-refractivity contribution in [3.63, 3.8) is 0 Å². The molecule has 4 rings (SSSR count). The third kappa shape index (κ3) is 2.21. The lowest BCUT2D eigenvalue weighted by molar-refractivity contribution is -0.175. The number of ether oxygens (including phenoxy) is 2. The zero-order chi connectivity index (χ0) is 18.3. The molecule has 0 aromatic heterocycles. The highest BCUT2D eigenvalue weighted by atomic mass is 16.5. The number of benzene rings is 2. The van der Waals surface area contributed by atoms with E-state index in [1.165, 1.54) is 30.6 Å². The van der Waals surface area contributed by atoms with Crippen LogP contribution in [0.4, 0.5) is 0 Å². The molecule has 0 aliphatic heterocycles. The van der Waals surface area contributed by atoms with E-state index in [1.807, 2.05) is 18.2 Å². The van der Waals surface area contributed by atoms with Crippen LogP contribution in [0.3, 0.4) is 0 Å². The molecular formula is C22H22O4. The van der Waals surface area contributed by atoms with Crippen LogP contribution in [-0.4, -0.2) is 26.2 Å². The number of carbonyl (C=O) groups is 2. The molecule has 0 saturated heterocycles. The zero-order valence-electron chi connectivity index (χ0n) is 15.0. The molecule has 2 aliphatic rings. The summed E-state index contributed by atoms with van der Waals surface area (Å²) in [5.41, 5.74) is 0.966. The molecule has 134 valence electrons. The maximum atomic E-state index is 12.9. The molecule has 26 heavy (non-hydrogen) atoms. The van der Waals surface area contributed by atoms with E-state index in [9.17, 15) is 9.59 Å². The summed E-state index contributed by atoms with van der Waals surface area (Å²) in [6, 6.07) is 12.4. The molecule has 0 saturated carbocycles. The van der Waals surface area contributed by atoms with Crippen molar-refractivity contribution in [2.24, 2.45) is 11.3 Å². The summed E-state index contributed by atoms with van der Waals surface area (Å²) < 4.78 is 10.2. The number of hydrogen-bond acceptors (Lipinski definition) is 4. The Morgan fingerprint density at radius 2 is 1.77 bits per heavy atom. The van der Waals surface area contributed by atoms with Gasteiger partial charge in [-0.25, -0.2) is 0 Å². The molecule has 4 nitrogen and oxygen atoms in total. The van der Waals surface area contributed by atoms with Crippen LogP contribution < -0.4 is 0 Å². The van der Waals surface area contributed by atoms with Gasteiger partial charge in [0.15, 0.2) is 5.41 Å². The second kappa shape index (κ2) is 6.27. The van der Waals surface area contributed by atoms with Gasteiger partial charge in [-0.05, 0) is 47.1 Å². The van der Waals surface area contributed by atoms with Crippen LogP contribution in [0, 0.1) is 11.3 Å². The van der Waals surface area contributed by atoms with Gasteiger partial charge in [-0.1, -0.05) is 48.6 Å². The molecule has 0 spiro atoms. The number of allylic oxidation sites excluding steroid dienone is 2. The van der Waals surface area contributed by atoms with Gasteiger partial charge in [-0.3, -0.25) is 9.59 Å². The van der Waals surface area contributed by atoms with E-state index in [0.29, 0.717) is 6.42 Å². The van der Waals surface area contributed by atoms with Gasteiger partial charge in [0.2, 0.25) is 0 Å². The summed E-state index contributed by atoms with van der Waals surface area (Å²) in [4.78, 5) is 25.7. The molecule has 2 aliphatic carbocycles. The van der Waals surface area contributed by atoms with Crippen LogP contribution in [0.1, 0.15) is 29.9 Å². The van der Waals surface area contributed by atoms with E-state index in [2.05, 4.69) is 30.4 Å². The average Bonchev–Trinajstić information content (AvgIpc) is 2.71. The summed E-state index contributed by atoms with van der Waals surface area (Å²) in [6.07, 6.45) is 6.23. The quantitative estimate of drug-likeness (QED) is 0.470. The average molecular weight is 350 g/mol. The van der Waals surface area contributed by atoms with Crippen molar-refractivity contribution < 1.29 is 19.1 Å². The molecule has 0 unspecified atom stereocenters. The SMILES string of the molecule is COC(=O)C1(C(=O)OC)Cc2ccc3ccccc3c2[C@H]2C=CCC[C@H]21. The monoisotopic (exact) mass is 350 g/mol. The number of rotatable bonds is 2. The van der Waals surface area contributed by atoms with Gasteiger partial charge < -0.3 is 9.47 Å². The lowest BCUT2D eigenvalue weighted by atomic mass is 9.56. The van der Waals surface area contributed by atoms with Crippen LogP contribution >= 0.6 is 0 Å². The Morgan fingerprint density at radius 3 is 2.50 bits per heavy atom. The molecule has 0 bridgehead atoms. The molecule has 0 radical (unpaired) electrons. The lowest BCUT2D eigenvalue weighted by Crippen LogP contribution is -2.53. The molecular weight excluding hydrogens is 328 g/mol. The second-order valence-electron chi connectivity index (χ2n) is 7.13. The summed E-state index contributed by atoms with van der Waals surface area (Å²) in [6.45, 7) is 0. The maximum Gasteiger partial charge on any atom is 0.323 e. The Kier molecular flexibility index (Phi) is 4.06. The van der Waals surface area contributed by atoms with Gasteiger partial charge >= 0.3 is 11.9 Å². The smallest absolute Gasteiger partial charge is 0.323 e. The molecule has 2 aromatic rings.